The van der Waals surface area contributed by atoms with Crippen LogP contribution in [0.4, 0.5) is 0 Å². The summed E-state index contributed by atoms with van der Waals surface area (Å²) in [6, 6.07) is 6.60. The van der Waals surface area contributed by atoms with Crippen LogP contribution in [0, 0.1) is 17.3 Å². The maximum Gasteiger partial charge on any atom is 0.192 e. The van der Waals surface area contributed by atoms with Gasteiger partial charge in [-0.1, -0.05) is 13.0 Å². The number of hydrogen-bond acceptors (Lipinski definition) is 4. The molecule has 4 aliphatic rings. The average Bonchev–Trinajstić information content (AvgIpc) is 3.33. The fraction of sp³-hybridized carbons (Fsp3) is 0.609. The van der Waals surface area contributed by atoms with Gasteiger partial charge in [0.05, 0.1) is 13.2 Å². The number of aryl methyl sites for hydroxylation is 1. The van der Waals surface area contributed by atoms with Gasteiger partial charge in [-0.15, -0.1) is 0 Å². The van der Waals surface area contributed by atoms with Crippen molar-refractivity contribution in [1.82, 2.24) is 0 Å². The molecule has 0 bridgehead atoms. The Hall–Kier alpha value is -1.81. The number of allylic oxidation sites excluding steroid dienone is 1. The molecule has 0 amide bonds. The van der Waals surface area contributed by atoms with Crippen molar-refractivity contribution in [2.45, 2.75) is 63.6 Å². The SMILES string of the molecule is COc1ccc2c(c1)CC[C@@H]1[C@@H]2CC[C@@]2(C)[C@H]1C[C@H]1O[C@]12C(=O)/C=C(/C)N. The van der Waals surface area contributed by atoms with Crippen LogP contribution in [0.5, 0.6) is 5.75 Å². The largest absolute Gasteiger partial charge is 0.497 e. The van der Waals surface area contributed by atoms with Gasteiger partial charge in [-0.3, -0.25) is 4.79 Å². The number of nitrogens with two attached hydrogens (primary N) is 1. The van der Waals surface area contributed by atoms with E-state index in [0.29, 0.717) is 23.5 Å². The molecule has 6 atom stereocenters. The number of methoxy groups -OCH3 is 1. The number of rotatable bonds is 3. The third-order valence-corrected chi connectivity index (χ3v) is 8.09. The molecule has 3 aliphatic carbocycles. The lowest BCUT2D eigenvalue weighted by Crippen LogP contribution is -2.50. The summed E-state index contributed by atoms with van der Waals surface area (Å²) in [5.74, 6) is 2.86. The Morgan fingerprint density at radius 3 is 2.93 bits per heavy atom. The second kappa shape index (κ2) is 5.60. The Morgan fingerprint density at radius 1 is 1.37 bits per heavy atom. The summed E-state index contributed by atoms with van der Waals surface area (Å²) in [6.45, 7) is 4.09. The van der Waals surface area contributed by atoms with E-state index in [4.69, 9.17) is 15.2 Å². The predicted molar refractivity (Wildman–Crippen MR) is 104 cm³/mol. The van der Waals surface area contributed by atoms with Crippen molar-refractivity contribution in [2.24, 2.45) is 23.0 Å². The molecule has 0 aromatic heterocycles. The van der Waals surface area contributed by atoms with Gasteiger partial charge in [0.15, 0.2) is 11.4 Å². The number of hydrogen-bond donors (Lipinski definition) is 1. The maximum absolute atomic E-state index is 13.0. The number of fused-ring (bicyclic) bond motifs is 7. The Kier molecular flexibility index (Phi) is 3.59. The van der Waals surface area contributed by atoms with Gasteiger partial charge in [0.1, 0.15) is 5.75 Å². The second-order valence-corrected chi connectivity index (χ2v) is 9.27. The minimum absolute atomic E-state index is 0.0637. The van der Waals surface area contributed by atoms with Gasteiger partial charge in [0.25, 0.3) is 0 Å². The molecule has 4 nitrogen and oxygen atoms in total. The van der Waals surface area contributed by atoms with Gasteiger partial charge in [-0.05, 0) is 80.0 Å². The number of carbonyl (C=O) groups is 1. The predicted octanol–water partition coefficient (Wildman–Crippen LogP) is 3.73. The first-order chi connectivity index (χ1) is 12.9. The quantitative estimate of drug-likeness (QED) is 0.653. The first-order valence-electron chi connectivity index (χ1n) is 10.2. The van der Waals surface area contributed by atoms with E-state index >= 15 is 0 Å². The van der Waals surface area contributed by atoms with Gasteiger partial charge >= 0.3 is 0 Å². The molecular weight excluding hydrogens is 338 g/mol. The van der Waals surface area contributed by atoms with Gasteiger partial charge in [0, 0.05) is 17.2 Å². The van der Waals surface area contributed by atoms with E-state index in [1.165, 1.54) is 17.5 Å². The maximum atomic E-state index is 13.0. The van der Waals surface area contributed by atoms with Crippen LogP contribution in [0.1, 0.15) is 56.6 Å². The van der Waals surface area contributed by atoms with Crippen LogP contribution in [-0.4, -0.2) is 24.6 Å². The fourth-order valence-electron chi connectivity index (χ4n) is 6.85. The standard InChI is InChI=1S/C23H29NO3/c1-13(24)10-20(25)23-21(27-23)12-19-18-6-4-14-11-15(26-3)5-7-16(14)17(18)8-9-22(19,23)2/h5,7,10-11,17-19,21H,4,6,8-9,12,24H2,1-3H3/b13-10-/t17-,18-,19+,21-,22+,23-/m1/s1. The van der Waals surface area contributed by atoms with Crippen LogP contribution in [-0.2, 0) is 16.0 Å². The van der Waals surface area contributed by atoms with Crippen molar-refractivity contribution in [3.63, 3.8) is 0 Å². The molecule has 1 aromatic carbocycles. The highest BCUT2D eigenvalue weighted by molar-refractivity contribution is 6.01. The zero-order chi connectivity index (χ0) is 19.0. The molecule has 1 aromatic rings. The van der Waals surface area contributed by atoms with Gasteiger partial charge in [-0.25, -0.2) is 0 Å². The van der Waals surface area contributed by atoms with Gasteiger partial charge < -0.3 is 15.2 Å². The summed E-state index contributed by atoms with van der Waals surface area (Å²) in [5, 5.41) is 0. The summed E-state index contributed by atoms with van der Waals surface area (Å²) in [4.78, 5) is 13.0. The van der Waals surface area contributed by atoms with Gasteiger partial charge in [0.2, 0.25) is 0 Å². The zero-order valence-electron chi connectivity index (χ0n) is 16.5. The smallest absolute Gasteiger partial charge is 0.192 e. The topological polar surface area (TPSA) is 64.8 Å². The van der Waals surface area contributed by atoms with E-state index in [9.17, 15) is 4.79 Å². The van der Waals surface area contributed by atoms with Crippen molar-refractivity contribution in [2.75, 3.05) is 7.11 Å². The molecule has 27 heavy (non-hydrogen) atoms. The molecular formula is C23H29NO3. The molecule has 2 N–H and O–H groups in total. The normalized spacial score (nSPS) is 41.8. The Morgan fingerprint density at radius 2 is 2.19 bits per heavy atom. The van der Waals surface area contributed by atoms with Crippen LogP contribution in [0.3, 0.4) is 0 Å². The first kappa shape index (κ1) is 17.3. The number of ketones is 1. The Bertz CT molecular complexity index is 842. The van der Waals surface area contributed by atoms with Crippen molar-refractivity contribution >= 4 is 5.78 Å². The molecule has 5 rings (SSSR count). The van der Waals surface area contributed by atoms with E-state index in [2.05, 4.69) is 25.1 Å². The number of epoxide rings is 1. The highest BCUT2D eigenvalue weighted by atomic mass is 16.6. The molecule has 1 saturated heterocycles. The molecule has 0 spiro atoms. The fourth-order valence-corrected chi connectivity index (χ4v) is 6.85. The first-order valence-corrected chi connectivity index (χ1v) is 10.2. The molecule has 4 heteroatoms. The average molecular weight is 367 g/mol. The number of carbonyl (C=O) groups excluding carboxylic acids is 1. The highest BCUT2D eigenvalue weighted by Crippen LogP contribution is 2.72. The summed E-state index contributed by atoms with van der Waals surface area (Å²) >= 11 is 0. The van der Waals surface area contributed by atoms with Gasteiger partial charge in [-0.2, -0.15) is 0 Å². The summed E-state index contributed by atoms with van der Waals surface area (Å²) < 4.78 is 11.5. The van der Waals surface area contributed by atoms with Crippen LogP contribution < -0.4 is 10.5 Å². The third-order valence-electron chi connectivity index (χ3n) is 8.09. The highest BCUT2D eigenvalue weighted by Gasteiger charge is 2.79. The Balaban J connectivity index is 1.48. The number of ether oxygens (including phenoxy) is 2. The molecule has 144 valence electrons. The summed E-state index contributed by atoms with van der Waals surface area (Å²) in [5.41, 5.74) is 8.67. The lowest BCUT2D eigenvalue weighted by atomic mass is 9.53. The third kappa shape index (κ3) is 2.16. The second-order valence-electron chi connectivity index (χ2n) is 9.27. The van der Waals surface area contributed by atoms with E-state index < -0.39 is 5.60 Å². The molecule has 1 heterocycles. The van der Waals surface area contributed by atoms with Crippen LogP contribution in [0.25, 0.3) is 0 Å². The lowest BCUT2D eigenvalue weighted by Gasteiger charge is -2.51. The van der Waals surface area contributed by atoms with Crippen LogP contribution in [0.15, 0.2) is 30.0 Å². The van der Waals surface area contributed by atoms with E-state index in [1.54, 1.807) is 20.1 Å². The summed E-state index contributed by atoms with van der Waals surface area (Å²) in [7, 11) is 1.73. The van der Waals surface area contributed by atoms with Crippen molar-refractivity contribution in [1.29, 1.82) is 0 Å². The van der Waals surface area contributed by atoms with Crippen molar-refractivity contribution in [3.05, 3.63) is 41.1 Å². The molecule has 0 radical (unpaired) electrons. The van der Waals surface area contributed by atoms with Crippen molar-refractivity contribution < 1.29 is 14.3 Å². The molecule has 3 fully saturated rings. The molecule has 0 unspecified atom stereocenters. The van der Waals surface area contributed by atoms with E-state index in [0.717, 1.165) is 31.4 Å². The molecule has 1 aliphatic heterocycles. The zero-order valence-corrected chi connectivity index (χ0v) is 16.5. The lowest BCUT2D eigenvalue weighted by molar-refractivity contribution is -0.129. The van der Waals surface area contributed by atoms with Crippen molar-refractivity contribution in [3.8, 4) is 5.75 Å². The summed E-state index contributed by atoms with van der Waals surface area (Å²) in [6.07, 6.45) is 7.19. The van der Waals surface area contributed by atoms with E-state index in [1.807, 2.05) is 0 Å². The number of benzene rings is 1. The van der Waals surface area contributed by atoms with E-state index in [-0.39, 0.29) is 17.3 Å². The monoisotopic (exact) mass is 367 g/mol. The Labute approximate surface area is 161 Å². The minimum atomic E-state index is -0.608. The molecule has 2 saturated carbocycles. The van der Waals surface area contributed by atoms with Crippen LogP contribution >= 0.6 is 0 Å². The van der Waals surface area contributed by atoms with Crippen LogP contribution in [0.2, 0.25) is 0 Å². The minimum Gasteiger partial charge on any atom is -0.497 e.